The molecule has 5 atom stereocenters. The predicted molar refractivity (Wildman–Crippen MR) is 184 cm³/mol. The summed E-state index contributed by atoms with van der Waals surface area (Å²) in [5, 5.41) is 6.37. The van der Waals surface area contributed by atoms with Gasteiger partial charge in [0.05, 0.1) is 25.5 Å². The summed E-state index contributed by atoms with van der Waals surface area (Å²) < 4.78 is 50.6. The van der Waals surface area contributed by atoms with Gasteiger partial charge in [0.25, 0.3) is 5.91 Å². The van der Waals surface area contributed by atoms with Crippen molar-refractivity contribution in [1.82, 2.24) is 25.2 Å². The second kappa shape index (κ2) is 14.3. The predicted octanol–water partition coefficient (Wildman–Crippen LogP) is 2.33. The molecule has 2 aliphatic carbocycles. The number of benzene rings is 1. The maximum atomic E-state index is 14.3. The number of nitrogens with one attached hydrogen (secondary N) is 3. The molecule has 2 aromatic rings. The first-order valence-corrected chi connectivity index (χ1v) is 18.8. The molecule has 4 amide bonds. The number of ether oxygens (including phenoxy) is 4. The van der Waals surface area contributed by atoms with Crippen LogP contribution in [0, 0.1) is 5.92 Å². The minimum Gasteiger partial charge on any atom is -0.497 e. The van der Waals surface area contributed by atoms with E-state index in [1.165, 1.54) is 4.90 Å². The average Bonchev–Trinajstić information content (AvgIpc) is 3.99. The Kier molecular flexibility index (Phi) is 10.2. The Hall–Kier alpha value is -4.44. The standard InChI is InChI=1S/C35H45N5O10S/c1-34(2,3)50-33(44)37-27-8-6-16-48-15-5-7-22-19-35(22,32(43)39-51(45,46)25-10-11-25)38-29(41)28-18-24(20-40(28)31(27)42)49-30-26-12-9-23(47-4)17-21(26)13-14-36-30/h5,7,9,12-14,17,22,24-25,27-28H,6,8,10-11,15-16,18-20H2,1-4H3,(H,37,44)(H,38,41)(H,39,43). The largest absolute Gasteiger partial charge is 0.497 e. The fourth-order valence-electron chi connectivity index (χ4n) is 6.52. The molecule has 0 radical (unpaired) electrons. The Morgan fingerprint density at radius 2 is 1.92 bits per heavy atom. The summed E-state index contributed by atoms with van der Waals surface area (Å²) in [6, 6.07) is 5.03. The van der Waals surface area contributed by atoms with Gasteiger partial charge < -0.3 is 34.5 Å². The van der Waals surface area contributed by atoms with Crippen molar-refractivity contribution in [3.63, 3.8) is 0 Å². The van der Waals surface area contributed by atoms with Crippen molar-refractivity contribution in [1.29, 1.82) is 0 Å². The van der Waals surface area contributed by atoms with E-state index >= 15 is 0 Å². The van der Waals surface area contributed by atoms with Crippen molar-refractivity contribution in [2.75, 3.05) is 26.9 Å². The molecule has 276 valence electrons. The molecule has 3 heterocycles. The number of fused-ring (bicyclic) bond motifs is 3. The molecule has 16 heteroatoms. The number of pyridine rings is 1. The molecular formula is C35H45N5O10S. The SMILES string of the molecule is COc1ccc2c(OC3CC4C(=O)NC5(C(=O)NS(=O)(=O)C6CC6)CC5C=CCOCCCC(NC(=O)OC(C)(C)C)C(=O)N4C3)nccc2c1. The van der Waals surface area contributed by atoms with Crippen LogP contribution >= 0.6 is 0 Å². The van der Waals surface area contributed by atoms with Crippen LogP contribution in [0.5, 0.6) is 11.6 Å². The van der Waals surface area contributed by atoms with Gasteiger partial charge in [-0.1, -0.05) is 12.2 Å². The highest BCUT2D eigenvalue weighted by Crippen LogP contribution is 2.46. The van der Waals surface area contributed by atoms with E-state index in [-0.39, 0.29) is 39.0 Å². The van der Waals surface area contributed by atoms with Crippen LogP contribution in [0.4, 0.5) is 4.79 Å². The van der Waals surface area contributed by atoms with E-state index in [0.29, 0.717) is 36.3 Å². The topological polar surface area (TPSA) is 192 Å². The first-order valence-electron chi connectivity index (χ1n) is 17.2. The van der Waals surface area contributed by atoms with Gasteiger partial charge in [0.15, 0.2) is 0 Å². The van der Waals surface area contributed by atoms with Gasteiger partial charge in [0, 0.05) is 30.5 Å². The quantitative estimate of drug-likeness (QED) is 0.355. The summed E-state index contributed by atoms with van der Waals surface area (Å²) in [5.41, 5.74) is -2.37. The summed E-state index contributed by atoms with van der Waals surface area (Å²) in [7, 11) is -2.34. The molecule has 3 fully saturated rings. The molecule has 1 aromatic heterocycles. The summed E-state index contributed by atoms with van der Waals surface area (Å²) in [6.45, 7) is 5.55. The zero-order chi connectivity index (χ0) is 36.6. The van der Waals surface area contributed by atoms with Crippen LogP contribution in [0.3, 0.4) is 0 Å². The van der Waals surface area contributed by atoms with Crippen LogP contribution in [0.1, 0.15) is 59.3 Å². The molecule has 1 aromatic carbocycles. The molecule has 2 saturated carbocycles. The Labute approximate surface area is 296 Å². The van der Waals surface area contributed by atoms with Gasteiger partial charge in [0.2, 0.25) is 27.7 Å². The molecule has 51 heavy (non-hydrogen) atoms. The molecule has 0 spiro atoms. The average molecular weight is 728 g/mol. The number of aromatic nitrogens is 1. The van der Waals surface area contributed by atoms with Crippen LogP contribution < -0.4 is 24.8 Å². The third-order valence-electron chi connectivity index (χ3n) is 9.38. The van der Waals surface area contributed by atoms with E-state index in [2.05, 4.69) is 20.3 Å². The van der Waals surface area contributed by atoms with Gasteiger partial charge in [-0.25, -0.2) is 18.2 Å². The van der Waals surface area contributed by atoms with Crippen LogP contribution in [-0.4, -0.2) is 104 Å². The van der Waals surface area contributed by atoms with Gasteiger partial charge >= 0.3 is 6.09 Å². The first-order chi connectivity index (χ1) is 24.2. The second-order valence-corrected chi connectivity index (χ2v) is 16.4. The summed E-state index contributed by atoms with van der Waals surface area (Å²) in [5.74, 6) is -1.57. The number of nitrogens with zero attached hydrogens (tertiary/aromatic N) is 2. The zero-order valence-electron chi connectivity index (χ0n) is 29.2. The molecular weight excluding hydrogens is 682 g/mol. The smallest absolute Gasteiger partial charge is 0.408 e. The first kappa shape index (κ1) is 36.4. The highest BCUT2D eigenvalue weighted by molar-refractivity contribution is 7.91. The lowest BCUT2D eigenvalue weighted by Gasteiger charge is -2.30. The number of methoxy groups -OCH3 is 1. The van der Waals surface area contributed by atoms with Crippen molar-refractivity contribution in [3.05, 3.63) is 42.6 Å². The van der Waals surface area contributed by atoms with Crippen LogP contribution in [-0.2, 0) is 33.9 Å². The Bertz CT molecular complexity index is 1820. The molecule has 3 N–H and O–H groups in total. The molecule has 5 unspecified atom stereocenters. The van der Waals surface area contributed by atoms with E-state index in [1.54, 1.807) is 52.3 Å². The normalized spacial score (nSPS) is 27.3. The molecule has 1 saturated heterocycles. The van der Waals surface area contributed by atoms with E-state index in [1.807, 2.05) is 18.2 Å². The third kappa shape index (κ3) is 8.38. The highest BCUT2D eigenvalue weighted by Gasteiger charge is 2.62. The lowest BCUT2D eigenvalue weighted by Crippen LogP contribution is -2.58. The monoisotopic (exact) mass is 727 g/mol. The Morgan fingerprint density at radius 1 is 1.14 bits per heavy atom. The molecule has 2 aliphatic heterocycles. The molecule has 15 nitrogen and oxygen atoms in total. The Morgan fingerprint density at radius 3 is 2.65 bits per heavy atom. The van der Waals surface area contributed by atoms with Gasteiger partial charge in [-0.2, -0.15) is 0 Å². The van der Waals surface area contributed by atoms with E-state index in [9.17, 15) is 27.6 Å². The summed E-state index contributed by atoms with van der Waals surface area (Å²) in [4.78, 5) is 60.9. The number of rotatable bonds is 7. The fourth-order valence-corrected chi connectivity index (χ4v) is 7.88. The second-order valence-electron chi connectivity index (χ2n) is 14.5. The third-order valence-corrected chi connectivity index (χ3v) is 11.2. The van der Waals surface area contributed by atoms with Crippen LogP contribution in [0.15, 0.2) is 42.6 Å². The van der Waals surface area contributed by atoms with Crippen molar-refractivity contribution in [2.45, 2.75) is 93.9 Å². The van der Waals surface area contributed by atoms with Crippen molar-refractivity contribution in [2.24, 2.45) is 5.92 Å². The van der Waals surface area contributed by atoms with Gasteiger partial charge in [0.1, 0.15) is 35.1 Å². The number of carbonyl (C=O) groups is 4. The number of hydrogen-bond acceptors (Lipinski definition) is 11. The maximum Gasteiger partial charge on any atom is 0.408 e. The van der Waals surface area contributed by atoms with Crippen molar-refractivity contribution < 1.29 is 46.5 Å². The zero-order valence-corrected chi connectivity index (χ0v) is 30.0. The van der Waals surface area contributed by atoms with E-state index < -0.39 is 74.3 Å². The number of alkyl carbamates (subject to hydrolysis) is 1. The van der Waals surface area contributed by atoms with E-state index in [0.717, 1.165) is 5.39 Å². The van der Waals surface area contributed by atoms with Crippen LogP contribution in [0.25, 0.3) is 10.8 Å². The minimum atomic E-state index is -3.91. The number of hydrogen-bond donors (Lipinski definition) is 3. The highest BCUT2D eigenvalue weighted by atomic mass is 32.2. The fraction of sp³-hybridized carbons (Fsp3) is 0.571. The lowest BCUT2D eigenvalue weighted by molar-refractivity contribution is -0.141. The molecule has 6 rings (SSSR count). The maximum absolute atomic E-state index is 14.3. The summed E-state index contributed by atoms with van der Waals surface area (Å²) >= 11 is 0. The number of carbonyl (C=O) groups excluding carboxylic acids is 4. The van der Waals surface area contributed by atoms with Gasteiger partial charge in [-0.3, -0.25) is 19.1 Å². The van der Waals surface area contributed by atoms with Crippen molar-refractivity contribution in [3.8, 4) is 11.6 Å². The minimum absolute atomic E-state index is 0.0344. The van der Waals surface area contributed by atoms with Crippen LogP contribution in [0.2, 0.25) is 0 Å². The Balaban J connectivity index is 1.30. The molecule has 0 bridgehead atoms. The summed E-state index contributed by atoms with van der Waals surface area (Å²) in [6.07, 6.45) is 5.26. The number of sulfonamides is 1. The van der Waals surface area contributed by atoms with E-state index in [4.69, 9.17) is 18.9 Å². The van der Waals surface area contributed by atoms with Gasteiger partial charge in [-0.15, -0.1) is 0 Å². The van der Waals surface area contributed by atoms with Crippen molar-refractivity contribution >= 4 is 44.6 Å². The van der Waals surface area contributed by atoms with Gasteiger partial charge in [-0.05, 0) is 82.5 Å². The number of amides is 4. The lowest BCUT2D eigenvalue weighted by atomic mass is 10.1. The molecule has 4 aliphatic rings.